The van der Waals surface area contributed by atoms with Crippen LogP contribution >= 0.6 is 0 Å². The van der Waals surface area contributed by atoms with Gasteiger partial charge in [-0.2, -0.15) is 0 Å². The molecule has 0 aromatic rings. The topological polar surface area (TPSA) is 61.4 Å². The van der Waals surface area contributed by atoms with E-state index >= 15 is 0 Å². The van der Waals surface area contributed by atoms with Crippen molar-refractivity contribution < 1.29 is 29.4 Å². The molecule has 9 heavy (non-hydrogen) atoms. The molecule has 1 atom stereocenters. The van der Waals surface area contributed by atoms with Crippen molar-refractivity contribution in [2.45, 2.75) is 13.0 Å². The van der Waals surface area contributed by atoms with Gasteiger partial charge in [-0.15, -0.1) is 0 Å². The number of carboxylic acid groups (broad SMARTS) is 1. The Morgan fingerprint density at radius 2 is 2.11 bits per heavy atom. The maximum atomic E-state index is 9.99. The van der Waals surface area contributed by atoms with E-state index in [2.05, 4.69) is 10.9 Å². The van der Waals surface area contributed by atoms with Crippen LogP contribution in [-0.2, 0) is 24.3 Å². The van der Waals surface area contributed by atoms with Crippen LogP contribution in [-0.4, -0.2) is 24.2 Å². The maximum Gasteiger partial charge on any atom is 2.00 e. The second-order valence-corrected chi connectivity index (χ2v) is 1.45. The SMILES string of the molecule is CNN[C@@H](C)C(=O)O.[Zn+2]. The predicted octanol–water partition coefficient (Wildman–Crippen LogP) is -0.819. The summed E-state index contributed by atoms with van der Waals surface area (Å²) in [5, 5.41) is 8.21. The Labute approximate surface area is 66.7 Å². The molecule has 0 unspecified atom stereocenters. The Morgan fingerprint density at radius 1 is 1.67 bits per heavy atom. The van der Waals surface area contributed by atoms with Gasteiger partial charge in [0, 0.05) is 0 Å². The summed E-state index contributed by atoms with van der Waals surface area (Å²) in [6.45, 7) is 1.55. The van der Waals surface area contributed by atoms with Crippen molar-refractivity contribution in [2.75, 3.05) is 7.05 Å². The van der Waals surface area contributed by atoms with E-state index in [1.165, 1.54) is 0 Å². The monoisotopic (exact) mass is 182 g/mol. The van der Waals surface area contributed by atoms with E-state index in [0.717, 1.165) is 0 Å². The molecule has 0 radical (unpaired) electrons. The minimum Gasteiger partial charge on any atom is -0.480 e. The minimum absolute atomic E-state index is 0. The molecule has 0 saturated carbocycles. The second-order valence-electron chi connectivity index (χ2n) is 1.45. The van der Waals surface area contributed by atoms with Gasteiger partial charge in [0.2, 0.25) is 0 Å². The zero-order valence-electron chi connectivity index (χ0n) is 5.64. The number of hydrogen-bond donors (Lipinski definition) is 3. The summed E-state index contributed by atoms with van der Waals surface area (Å²) in [6.07, 6.45) is 0. The number of rotatable bonds is 3. The molecule has 0 spiro atoms. The summed E-state index contributed by atoms with van der Waals surface area (Å²) in [4.78, 5) is 9.99. The minimum atomic E-state index is -0.862. The molecule has 0 saturated heterocycles. The van der Waals surface area contributed by atoms with Gasteiger partial charge < -0.3 is 5.11 Å². The first kappa shape index (κ1) is 11.8. The van der Waals surface area contributed by atoms with Crippen LogP contribution in [0.3, 0.4) is 0 Å². The first-order chi connectivity index (χ1) is 3.68. The Morgan fingerprint density at radius 3 is 2.22 bits per heavy atom. The Kier molecular flexibility index (Phi) is 8.03. The third-order valence-corrected chi connectivity index (χ3v) is 0.731. The van der Waals surface area contributed by atoms with E-state index in [9.17, 15) is 4.79 Å². The number of hydrazine groups is 1. The van der Waals surface area contributed by atoms with E-state index in [-0.39, 0.29) is 19.5 Å². The van der Waals surface area contributed by atoms with Gasteiger partial charge in [0.15, 0.2) is 0 Å². The zero-order valence-corrected chi connectivity index (χ0v) is 8.61. The normalized spacial score (nSPS) is 11.8. The van der Waals surface area contributed by atoms with Crippen molar-refractivity contribution >= 4 is 5.97 Å². The van der Waals surface area contributed by atoms with E-state index in [1.807, 2.05) is 0 Å². The number of aliphatic carboxylic acids is 1. The van der Waals surface area contributed by atoms with Crippen molar-refractivity contribution in [3.63, 3.8) is 0 Å². The van der Waals surface area contributed by atoms with Gasteiger partial charge in [0.1, 0.15) is 6.04 Å². The zero-order chi connectivity index (χ0) is 6.57. The molecule has 0 amide bonds. The fourth-order valence-corrected chi connectivity index (χ4v) is 0.278. The van der Waals surface area contributed by atoms with Crippen LogP contribution in [0.2, 0.25) is 0 Å². The Balaban J connectivity index is 0. The quantitative estimate of drug-likeness (QED) is 0.395. The number of carbonyl (C=O) groups is 1. The Hall–Kier alpha value is 0.0134. The van der Waals surface area contributed by atoms with Gasteiger partial charge in [-0.05, 0) is 14.0 Å². The van der Waals surface area contributed by atoms with Crippen LogP contribution in [0.25, 0.3) is 0 Å². The van der Waals surface area contributed by atoms with Crippen LogP contribution in [0.4, 0.5) is 0 Å². The molecule has 0 bridgehead atoms. The first-order valence-electron chi connectivity index (χ1n) is 2.33. The summed E-state index contributed by atoms with van der Waals surface area (Å²) in [7, 11) is 1.62. The van der Waals surface area contributed by atoms with Gasteiger partial charge in [-0.3, -0.25) is 10.2 Å². The van der Waals surface area contributed by atoms with Crippen molar-refractivity contribution in [3.8, 4) is 0 Å². The third kappa shape index (κ3) is 5.89. The molecule has 0 aromatic heterocycles. The smallest absolute Gasteiger partial charge is 0.480 e. The first-order valence-corrected chi connectivity index (χ1v) is 2.33. The van der Waals surface area contributed by atoms with Gasteiger partial charge in [-0.25, -0.2) is 5.43 Å². The van der Waals surface area contributed by atoms with E-state index in [0.29, 0.717) is 0 Å². The molecule has 0 aliphatic carbocycles. The van der Waals surface area contributed by atoms with E-state index in [1.54, 1.807) is 14.0 Å². The standard InChI is InChI=1S/C4H10N2O2.Zn/c1-3(4(7)8)6-5-2;/h3,5-6H,1-2H3,(H,7,8);/q;+2/t3-;/m0./s1. The fourth-order valence-electron chi connectivity index (χ4n) is 0.278. The van der Waals surface area contributed by atoms with Gasteiger partial charge in [0.05, 0.1) is 0 Å². The molecular weight excluding hydrogens is 173 g/mol. The molecule has 3 N–H and O–H groups in total. The van der Waals surface area contributed by atoms with Crippen molar-refractivity contribution in [3.05, 3.63) is 0 Å². The average molecular weight is 184 g/mol. The fraction of sp³-hybridized carbons (Fsp3) is 0.750. The van der Waals surface area contributed by atoms with E-state index in [4.69, 9.17) is 5.11 Å². The number of carboxylic acids is 1. The van der Waals surface area contributed by atoms with Crippen LogP contribution in [0.5, 0.6) is 0 Å². The molecule has 0 aromatic carbocycles. The van der Waals surface area contributed by atoms with Crippen LogP contribution in [0, 0.1) is 0 Å². The van der Waals surface area contributed by atoms with Gasteiger partial charge >= 0.3 is 25.4 Å². The molecular formula is C4H10N2O2Zn+2. The largest absolute Gasteiger partial charge is 2.00 e. The predicted molar refractivity (Wildman–Crippen MR) is 29.3 cm³/mol. The van der Waals surface area contributed by atoms with Crippen molar-refractivity contribution in [1.82, 2.24) is 10.9 Å². The average Bonchev–Trinajstić information content (AvgIpc) is 1.67. The number of hydrogen-bond acceptors (Lipinski definition) is 3. The summed E-state index contributed by atoms with van der Waals surface area (Å²) in [6, 6.07) is -0.528. The maximum absolute atomic E-state index is 9.99. The van der Waals surface area contributed by atoms with Crippen LogP contribution < -0.4 is 10.9 Å². The van der Waals surface area contributed by atoms with Crippen LogP contribution in [0.15, 0.2) is 0 Å². The van der Waals surface area contributed by atoms with Crippen molar-refractivity contribution in [1.29, 1.82) is 0 Å². The third-order valence-electron chi connectivity index (χ3n) is 0.731. The summed E-state index contributed by atoms with van der Waals surface area (Å²) < 4.78 is 0. The van der Waals surface area contributed by atoms with Gasteiger partial charge in [-0.1, -0.05) is 0 Å². The summed E-state index contributed by atoms with van der Waals surface area (Å²) >= 11 is 0. The molecule has 4 nitrogen and oxygen atoms in total. The van der Waals surface area contributed by atoms with Crippen LogP contribution in [0.1, 0.15) is 6.92 Å². The summed E-state index contributed by atoms with van der Waals surface area (Å²) in [5.74, 6) is -0.862. The molecule has 48 valence electrons. The molecule has 0 aliphatic heterocycles. The summed E-state index contributed by atoms with van der Waals surface area (Å²) in [5.41, 5.74) is 5.01. The van der Waals surface area contributed by atoms with E-state index < -0.39 is 12.0 Å². The molecule has 5 heteroatoms. The Bertz CT molecular complexity index is 88.6. The van der Waals surface area contributed by atoms with Gasteiger partial charge in [0.25, 0.3) is 0 Å². The van der Waals surface area contributed by atoms with Crippen molar-refractivity contribution in [2.24, 2.45) is 0 Å². The molecule has 0 heterocycles. The second kappa shape index (κ2) is 6.14. The molecule has 0 fully saturated rings. The number of nitrogens with one attached hydrogen (secondary N) is 2. The molecule has 0 aliphatic rings. The molecule has 0 rings (SSSR count).